The number of benzene rings is 1. The van der Waals surface area contributed by atoms with Gasteiger partial charge >= 0.3 is 0 Å². The van der Waals surface area contributed by atoms with Gasteiger partial charge in [-0.3, -0.25) is 4.31 Å². The van der Waals surface area contributed by atoms with Gasteiger partial charge in [0.05, 0.1) is 10.6 Å². The number of aryl methyl sites for hydroxylation is 1. The van der Waals surface area contributed by atoms with Crippen LogP contribution in [0.4, 0.5) is 0 Å². The van der Waals surface area contributed by atoms with Crippen LogP contribution in [0.15, 0.2) is 29.2 Å². The third-order valence-electron chi connectivity index (χ3n) is 3.65. The zero-order valence-electron chi connectivity index (χ0n) is 10.5. The van der Waals surface area contributed by atoms with Crippen LogP contribution in [0.5, 0.6) is 0 Å². The SMILES string of the molecule is Cc1ccc2c(c1)/C1=C/CCCCCN1S2(=O)=O. The summed E-state index contributed by atoms with van der Waals surface area (Å²) in [7, 11) is -3.30. The second-order valence-corrected chi connectivity index (χ2v) is 6.85. The van der Waals surface area contributed by atoms with Crippen LogP contribution in [0.1, 0.15) is 36.8 Å². The first-order valence-electron chi connectivity index (χ1n) is 6.44. The van der Waals surface area contributed by atoms with Crippen LogP contribution >= 0.6 is 0 Å². The molecule has 0 saturated heterocycles. The summed E-state index contributed by atoms with van der Waals surface area (Å²) in [5.41, 5.74) is 2.89. The van der Waals surface area contributed by atoms with E-state index in [1.54, 1.807) is 10.4 Å². The molecular weight excluding hydrogens is 246 g/mol. The van der Waals surface area contributed by atoms with Crippen molar-refractivity contribution in [2.75, 3.05) is 6.54 Å². The minimum atomic E-state index is -3.30. The van der Waals surface area contributed by atoms with Gasteiger partial charge in [-0.25, -0.2) is 8.42 Å². The molecule has 18 heavy (non-hydrogen) atoms. The lowest BCUT2D eigenvalue weighted by Crippen LogP contribution is -2.25. The van der Waals surface area contributed by atoms with Crippen molar-refractivity contribution in [2.24, 2.45) is 0 Å². The van der Waals surface area contributed by atoms with Crippen molar-refractivity contribution in [3.05, 3.63) is 35.4 Å². The molecule has 0 atom stereocenters. The van der Waals surface area contributed by atoms with E-state index >= 15 is 0 Å². The topological polar surface area (TPSA) is 37.4 Å². The Labute approximate surface area is 108 Å². The van der Waals surface area contributed by atoms with Gasteiger partial charge < -0.3 is 0 Å². The molecule has 3 nitrogen and oxygen atoms in total. The maximum atomic E-state index is 12.5. The van der Waals surface area contributed by atoms with Gasteiger partial charge in [-0.2, -0.15) is 0 Å². The Bertz CT molecular complexity index is 617. The molecule has 2 aliphatic rings. The Morgan fingerprint density at radius 3 is 2.83 bits per heavy atom. The van der Waals surface area contributed by atoms with E-state index in [1.165, 1.54) is 0 Å². The maximum Gasteiger partial charge on any atom is 0.265 e. The molecule has 0 fully saturated rings. The third-order valence-corrected chi connectivity index (χ3v) is 5.52. The zero-order chi connectivity index (χ0) is 12.8. The number of hydrogen-bond donors (Lipinski definition) is 0. The second kappa shape index (κ2) is 4.12. The molecular formula is C14H17NO2S. The number of rotatable bonds is 0. The third kappa shape index (κ3) is 1.67. The van der Waals surface area contributed by atoms with E-state index in [1.807, 2.05) is 19.1 Å². The van der Waals surface area contributed by atoms with Crippen LogP contribution in [0.25, 0.3) is 5.70 Å². The van der Waals surface area contributed by atoms with Gasteiger partial charge in [0, 0.05) is 12.1 Å². The van der Waals surface area contributed by atoms with Gasteiger partial charge in [0.25, 0.3) is 10.0 Å². The predicted octanol–water partition coefficient (Wildman–Crippen LogP) is 2.91. The van der Waals surface area contributed by atoms with Crippen LogP contribution in [0, 0.1) is 6.92 Å². The number of hydrogen-bond acceptors (Lipinski definition) is 2. The normalized spacial score (nSPS) is 24.5. The fourth-order valence-corrected chi connectivity index (χ4v) is 4.44. The molecule has 0 amide bonds. The molecule has 0 bridgehead atoms. The van der Waals surface area contributed by atoms with Crippen molar-refractivity contribution in [1.29, 1.82) is 0 Å². The first-order chi connectivity index (χ1) is 8.60. The summed E-state index contributed by atoms with van der Waals surface area (Å²) in [5.74, 6) is 0. The van der Waals surface area contributed by atoms with Gasteiger partial charge in [0.15, 0.2) is 0 Å². The molecule has 0 spiro atoms. The Morgan fingerprint density at radius 2 is 2.00 bits per heavy atom. The lowest BCUT2D eigenvalue weighted by Gasteiger charge is -2.21. The van der Waals surface area contributed by atoms with E-state index in [0.717, 1.165) is 42.5 Å². The van der Waals surface area contributed by atoms with Gasteiger partial charge in [0.1, 0.15) is 0 Å². The number of nitrogens with zero attached hydrogens (tertiary/aromatic N) is 1. The van der Waals surface area contributed by atoms with Crippen molar-refractivity contribution in [3.63, 3.8) is 0 Å². The molecule has 4 heteroatoms. The Morgan fingerprint density at radius 1 is 1.17 bits per heavy atom. The van der Waals surface area contributed by atoms with Gasteiger partial charge in [-0.1, -0.05) is 24.1 Å². The number of allylic oxidation sites excluding steroid dienone is 1. The average Bonchev–Trinajstić information content (AvgIpc) is 2.45. The van der Waals surface area contributed by atoms with Crippen molar-refractivity contribution >= 4 is 15.7 Å². The maximum absolute atomic E-state index is 12.5. The van der Waals surface area contributed by atoms with Crippen molar-refractivity contribution in [1.82, 2.24) is 4.31 Å². The summed E-state index contributed by atoms with van der Waals surface area (Å²) in [6.45, 7) is 2.61. The Balaban J connectivity index is 2.22. The molecule has 0 aliphatic carbocycles. The molecule has 2 heterocycles. The largest absolute Gasteiger partial charge is 0.266 e. The molecule has 0 radical (unpaired) electrons. The molecule has 0 unspecified atom stereocenters. The van der Waals surface area contributed by atoms with E-state index in [9.17, 15) is 8.42 Å². The molecule has 96 valence electrons. The van der Waals surface area contributed by atoms with Gasteiger partial charge in [-0.15, -0.1) is 0 Å². The van der Waals surface area contributed by atoms with Crippen molar-refractivity contribution in [3.8, 4) is 0 Å². The van der Waals surface area contributed by atoms with E-state index in [4.69, 9.17) is 0 Å². The fraction of sp³-hybridized carbons (Fsp3) is 0.429. The van der Waals surface area contributed by atoms with Crippen molar-refractivity contribution < 1.29 is 8.42 Å². The predicted molar refractivity (Wildman–Crippen MR) is 71.5 cm³/mol. The van der Waals surface area contributed by atoms with Crippen LogP contribution in [0.3, 0.4) is 0 Å². The number of fused-ring (bicyclic) bond motifs is 3. The first kappa shape index (κ1) is 11.8. The average molecular weight is 263 g/mol. The summed E-state index contributed by atoms with van der Waals surface area (Å²) < 4.78 is 26.6. The minimum Gasteiger partial charge on any atom is -0.266 e. The van der Waals surface area contributed by atoms with Crippen LogP contribution < -0.4 is 0 Å². The Hall–Kier alpha value is -1.29. The van der Waals surface area contributed by atoms with E-state index in [2.05, 4.69) is 6.08 Å². The van der Waals surface area contributed by atoms with E-state index in [0.29, 0.717) is 11.4 Å². The smallest absolute Gasteiger partial charge is 0.265 e. The standard InChI is InChI=1S/C14H17NO2S/c1-11-7-8-14-12(10-11)13-6-4-2-3-5-9-15(13)18(14,16)17/h6-8,10H,2-5,9H2,1H3/b13-6-. The monoisotopic (exact) mass is 263 g/mol. The zero-order valence-corrected chi connectivity index (χ0v) is 11.3. The lowest BCUT2D eigenvalue weighted by molar-refractivity contribution is 0.493. The molecule has 0 N–H and O–H groups in total. The summed E-state index contributed by atoms with van der Waals surface area (Å²) in [5, 5.41) is 0. The molecule has 1 aromatic rings. The molecule has 1 aromatic carbocycles. The quantitative estimate of drug-likeness (QED) is 0.721. The van der Waals surface area contributed by atoms with Crippen LogP contribution in [-0.4, -0.2) is 19.3 Å². The first-order valence-corrected chi connectivity index (χ1v) is 7.88. The molecule has 0 saturated carbocycles. The molecule has 3 rings (SSSR count). The van der Waals surface area contributed by atoms with Crippen LogP contribution in [0.2, 0.25) is 0 Å². The van der Waals surface area contributed by atoms with E-state index < -0.39 is 10.0 Å². The summed E-state index contributed by atoms with van der Waals surface area (Å²) in [6.07, 6.45) is 6.25. The fourth-order valence-electron chi connectivity index (χ4n) is 2.72. The molecule has 2 aliphatic heterocycles. The van der Waals surface area contributed by atoms with Crippen molar-refractivity contribution in [2.45, 2.75) is 37.5 Å². The second-order valence-electron chi connectivity index (χ2n) is 5.02. The Kier molecular flexibility index (Phi) is 2.70. The highest BCUT2D eigenvalue weighted by molar-refractivity contribution is 7.90. The summed E-state index contributed by atoms with van der Waals surface area (Å²) >= 11 is 0. The highest BCUT2D eigenvalue weighted by Crippen LogP contribution is 2.40. The van der Waals surface area contributed by atoms with Gasteiger partial charge in [-0.05, 0) is 38.3 Å². The number of sulfonamides is 1. The molecule has 0 aromatic heterocycles. The van der Waals surface area contributed by atoms with Crippen LogP contribution in [-0.2, 0) is 10.0 Å². The minimum absolute atomic E-state index is 0.473. The summed E-state index contributed by atoms with van der Waals surface area (Å²) in [6, 6.07) is 5.60. The highest BCUT2D eigenvalue weighted by atomic mass is 32.2. The van der Waals surface area contributed by atoms with E-state index in [-0.39, 0.29) is 0 Å². The van der Waals surface area contributed by atoms with Gasteiger partial charge in [0.2, 0.25) is 0 Å². The summed E-state index contributed by atoms with van der Waals surface area (Å²) in [4.78, 5) is 0.473. The lowest BCUT2D eigenvalue weighted by atomic mass is 10.0. The highest BCUT2D eigenvalue weighted by Gasteiger charge is 2.37.